The molecular weight excluding hydrogens is 588 g/mol. The molecule has 224 valence electrons. The molecule has 3 aliphatic rings. The van der Waals surface area contributed by atoms with Gasteiger partial charge in [0.2, 0.25) is 0 Å². The number of imidazole rings is 1. The standard InChI is InChI=1S/C18H27N5O15P2/c19-15-12-16(21-4-20-15)23(5-22-12)9-1-6(25)8(35-9)3-34-39(30,31)38-40(32,33)37-17-11-14(28)13(27)10(7(26)2-24)18(11,29)36-17/h4-11,13-14,17,24-29H,1-3H2,(H,30,31)(H,32,33)(H2,19,20,21)/t6-,7-,8+,9+,10?,11?,13?,14?,17?,18?/m0/s1. The van der Waals surface area contributed by atoms with Gasteiger partial charge < -0.3 is 55.6 Å². The summed E-state index contributed by atoms with van der Waals surface area (Å²) in [6, 6.07) is 0. The van der Waals surface area contributed by atoms with Crippen molar-refractivity contribution in [3.63, 3.8) is 0 Å². The Kier molecular flexibility index (Phi) is 7.84. The monoisotopic (exact) mass is 615 g/mol. The molecule has 5 rings (SSSR count). The van der Waals surface area contributed by atoms with Gasteiger partial charge in [-0.1, -0.05) is 0 Å². The number of hydrogen-bond donors (Lipinski definition) is 9. The molecule has 12 atom stereocenters. The van der Waals surface area contributed by atoms with Crippen LogP contribution in [0.5, 0.6) is 0 Å². The van der Waals surface area contributed by atoms with Crippen molar-refractivity contribution in [1.82, 2.24) is 19.5 Å². The van der Waals surface area contributed by atoms with Gasteiger partial charge in [-0.05, 0) is 0 Å². The Labute approximate surface area is 223 Å². The van der Waals surface area contributed by atoms with E-state index in [-0.39, 0.29) is 12.2 Å². The lowest BCUT2D eigenvalue weighted by atomic mass is 9.86. The first-order chi connectivity index (χ1) is 18.7. The largest absolute Gasteiger partial charge is 0.483 e. The minimum atomic E-state index is -5.49. The minimum absolute atomic E-state index is 0.00888. The number of nitrogen functional groups attached to an aromatic ring is 1. The molecule has 3 fully saturated rings. The first-order valence-corrected chi connectivity index (χ1v) is 14.7. The maximum atomic E-state index is 12.4. The van der Waals surface area contributed by atoms with Crippen LogP contribution in [0.3, 0.4) is 0 Å². The Morgan fingerprint density at radius 1 is 1.18 bits per heavy atom. The quantitative estimate of drug-likeness (QED) is 0.118. The van der Waals surface area contributed by atoms with Gasteiger partial charge in [-0.2, -0.15) is 4.31 Å². The number of nitrogens with zero attached hydrogens (tertiary/aromatic N) is 4. The van der Waals surface area contributed by atoms with Crippen LogP contribution in [-0.2, 0) is 32.0 Å². The number of phosphoric acid groups is 2. The van der Waals surface area contributed by atoms with Gasteiger partial charge in [-0.3, -0.25) is 13.6 Å². The van der Waals surface area contributed by atoms with E-state index in [4.69, 9.17) is 24.8 Å². The van der Waals surface area contributed by atoms with Crippen LogP contribution in [0.15, 0.2) is 12.7 Å². The topological polar surface area (TPSA) is 312 Å². The predicted octanol–water partition coefficient (Wildman–Crippen LogP) is -3.33. The second-order valence-electron chi connectivity index (χ2n) is 9.46. The number of fused-ring (bicyclic) bond motifs is 2. The smallest absolute Gasteiger partial charge is 0.394 e. The Bertz CT molecular complexity index is 1350. The fraction of sp³-hybridized carbons (Fsp3) is 0.722. The van der Waals surface area contributed by atoms with Crippen LogP contribution in [0.1, 0.15) is 12.6 Å². The molecule has 10 N–H and O–H groups in total. The highest BCUT2D eigenvalue weighted by atomic mass is 31.3. The van der Waals surface area contributed by atoms with Crippen molar-refractivity contribution in [2.24, 2.45) is 11.8 Å². The number of aliphatic hydroxyl groups excluding tert-OH is 5. The Morgan fingerprint density at radius 2 is 1.90 bits per heavy atom. The van der Waals surface area contributed by atoms with Crippen LogP contribution in [0.2, 0.25) is 0 Å². The zero-order valence-corrected chi connectivity index (χ0v) is 22.0. The van der Waals surface area contributed by atoms with E-state index in [2.05, 4.69) is 23.8 Å². The molecular formula is C18H27N5O15P2. The molecule has 0 aromatic carbocycles. The molecule has 2 saturated heterocycles. The van der Waals surface area contributed by atoms with E-state index in [1.807, 2.05) is 0 Å². The first kappa shape index (κ1) is 29.8. The lowest BCUT2D eigenvalue weighted by Gasteiger charge is -2.49. The second-order valence-corrected chi connectivity index (χ2v) is 12.5. The molecule has 2 aromatic heterocycles. The molecule has 0 bridgehead atoms. The van der Waals surface area contributed by atoms with E-state index in [0.29, 0.717) is 11.2 Å². The van der Waals surface area contributed by atoms with Crippen LogP contribution >= 0.6 is 15.6 Å². The highest BCUT2D eigenvalue weighted by Crippen LogP contribution is 2.64. The lowest BCUT2D eigenvalue weighted by Crippen LogP contribution is -2.64. The SMILES string of the molecule is Nc1ncnc2c1ncn2[C@H]1C[C@H](O)[C@@H](COP(=O)(O)OP(=O)(O)OC2OC3(O)C2C(O)C(O)C3[C@@H](O)CO)O1. The molecule has 2 aromatic rings. The molecule has 2 aliphatic heterocycles. The van der Waals surface area contributed by atoms with Crippen LogP contribution < -0.4 is 5.73 Å². The average Bonchev–Trinajstić information content (AvgIpc) is 3.48. The fourth-order valence-corrected chi connectivity index (χ4v) is 7.29. The third kappa shape index (κ3) is 5.19. The number of rotatable bonds is 10. The van der Waals surface area contributed by atoms with E-state index in [1.165, 1.54) is 17.2 Å². The van der Waals surface area contributed by atoms with Crippen molar-refractivity contribution < 1.29 is 72.4 Å². The van der Waals surface area contributed by atoms with Crippen molar-refractivity contribution in [3.8, 4) is 0 Å². The molecule has 40 heavy (non-hydrogen) atoms. The van der Waals surface area contributed by atoms with Gasteiger partial charge in [0.15, 0.2) is 23.5 Å². The Balaban J connectivity index is 1.17. The van der Waals surface area contributed by atoms with Crippen molar-refractivity contribution in [3.05, 3.63) is 12.7 Å². The number of hydrogen-bond acceptors (Lipinski definition) is 17. The highest BCUT2D eigenvalue weighted by Gasteiger charge is 2.73. The number of aliphatic hydroxyl groups is 6. The van der Waals surface area contributed by atoms with Crippen LogP contribution in [0, 0.1) is 11.8 Å². The summed E-state index contributed by atoms with van der Waals surface area (Å²) in [5.41, 5.74) is 6.35. The Morgan fingerprint density at radius 3 is 2.60 bits per heavy atom. The van der Waals surface area contributed by atoms with E-state index in [1.54, 1.807) is 0 Å². The van der Waals surface area contributed by atoms with Gasteiger partial charge in [-0.25, -0.2) is 24.1 Å². The lowest BCUT2D eigenvalue weighted by molar-refractivity contribution is -0.427. The minimum Gasteiger partial charge on any atom is -0.394 e. The maximum absolute atomic E-state index is 12.4. The average molecular weight is 615 g/mol. The Hall–Kier alpha value is -1.71. The third-order valence-corrected chi connectivity index (χ3v) is 9.59. The van der Waals surface area contributed by atoms with Crippen molar-refractivity contribution in [2.45, 2.75) is 55.2 Å². The molecule has 8 unspecified atom stereocenters. The zero-order valence-electron chi connectivity index (χ0n) is 20.2. The van der Waals surface area contributed by atoms with E-state index < -0.39 is 89.5 Å². The van der Waals surface area contributed by atoms with Crippen LogP contribution in [0.25, 0.3) is 11.2 Å². The molecule has 1 saturated carbocycles. The number of ether oxygens (including phenoxy) is 2. The summed E-state index contributed by atoms with van der Waals surface area (Å²) >= 11 is 0. The van der Waals surface area contributed by atoms with Crippen LogP contribution in [0.4, 0.5) is 5.82 Å². The number of phosphoric ester groups is 2. The summed E-state index contributed by atoms with van der Waals surface area (Å²) in [5.74, 6) is -5.53. The maximum Gasteiger partial charge on any atom is 0.483 e. The number of anilines is 1. The number of aromatic nitrogens is 4. The van der Waals surface area contributed by atoms with Crippen molar-refractivity contribution in [1.29, 1.82) is 0 Å². The summed E-state index contributed by atoms with van der Waals surface area (Å²) in [6.07, 6.45) is -7.99. The van der Waals surface area contributed by atoms with Gasteiger partial charge >= 0.3 is 15.6 Å². The van der Waals surface area contributed by atoms with Crippen LogP contribution in [-0.4, -0.2) is 116 Å². The first-order valence-electron chi connectivity index (χ1n) is 11.7. The third-order valence-electron chi connectivity index (χ3n) is 6.99. The predicted molar refractivity (Wildman–Crippen MR) is 124 cm³/mol. The van der Waals surface area contributed by atoms with Gasteiger partial charge in [0.25, 0.3) is 0 Å². The molecule has 0 spiro atoms. The molecule has 4 heterocycles. The van der Waals surface area contributed by atoms with E-state index in [9.17, 15) is 44.4 Å². The normalized spacial score (nSPS) is 39.4. The molecule has 0 radical (unpaired) electrons. The summed E-state index contributed by atoms with van der Waals surface area (Å²) in [7, 11) is -10.8. The number of nitrogens with two attached hydrogens (primary N) is 1. The van der Waals surface area contributed by atoms with Crippen molar-refractivity contribution >= 4 is 32.6 Å². The highest BCUT2D eigenvalue weighted by molar-refractivity contribution is 7.61. The van der Waals surface area contributed by atoms with Gasteiger partial charge in [-0.15, -0.1) is 0 Å². The van der Waals surface area contributed by atoms with Gasteiger partial charge in [0.1, 0.15) is 24.2 Å². The van der Waals surface area contributed by atoms with Gasteiger partial charge in [0.05, 0.1) is 55.8 Å². The summed E-state index contributed by atoms with van der Waals surface area (Å²) in [6.45, 7) is -1.68. The fourth-order valence-electron chi connectivity index (χ4n) is 5.13. The molecule has 0 amide bonds. The van der Waals surface area contributed by atoms with E-state index in [0.717, 1.165) is 0 Å². The molecule has 22 heteroatoms. The summed E-state index contributed by atoms with van der Waals surface area (Å²) in [4.78, 5) is 31.9. The summed E-state index contributed by atoms with van der Waals surface area (Å²) < 4.78 is 50.4. The van der Waals surface area contributed by atoms with Crippen molar-refractivity contribution in [2.75, 3.05) is 18.9 Å². The zero-order chi connectivity index (χ0) is 29.2. The second kappa shape index (κ2) is 10.5. The summed E-state index contributed by atoms with van der Waals surface area (Å²) in [5, 5.41) is 60.2. The molecule has 1 aliphatic carbocycles. The van der Waals surface area contributed by atoms with Gasteiger partial charge in [0, 0.05) is 6.42 Å². The molecule has 20 nitrogen and oxygen atoms in total. The van der Waals surface area contributed by atoms with E-state index >= 15 is 0 Å².